The van der Waals surface area contributed by atoms with Crippen LogP contribution in [0.4, 0.5) is 0 Å². The Balaban J connectivity index is 1.32. The minimum Gasteiger partial charge on any atom is -0.452 e. The number of ether oxygens (including phenoxy) is 1. The number of hydrogen-bond acceptors (Lipinski definition) is 4. The number of carbonyl (C=O) groups is 2. The van der Waals surface area contributed by atoms with Gasteiger partial charge in [0.15, 0.2) is 6.61 Å². The molecule has 5 rings (SSSR count). The first-order valence-corrected chi connectivity index (χ1v) is 11.4. The normalized spacial score (nSPS) is 14.8. The fourth-order valence-corrected chi connectivity index (χ4v) is 4.39. The zero-order chi connectivity index (χ0) is 23.3. The first kappa shape index (κ1) is 21.6. The summed E-state index contributed by atoms with van der Waals surface area (Å²) < 4.78 is 7.08. The number of esters is 1. The number of nitrogens with zero attached hydrogens (tertiary/aromatic N) is 2. The van der Waals surface area contributed by atoms with Gasteiger partial charge in [-0.3, -0.25) is 4.79 Å². The molecule has 0 saturated carbocycles. The summed E-state index contributed by atoms with van der Waals surface area (Å²) in [4.78, 5) is 25.7. The minimum absolute atomic E-state index is 0.0585. The third-order valence-electron chi connectivity index (χ3n) is 6.04. The Kier molecular flexibility index (Phi) is 6.21. The highest BCUT2D eigenvalue weighted by molar-refractivity contribution is 5.97. The molecule has 170 valence electrons. The summed E-state index contributed by atoms with van der Waals surface area (Å²) in [5.41, 5.74) is 4.85. The van der Waals surface area contributed by atoms with Crippen LogP contribution in [-0.4, -0.2) is 28.3 Å². The van der Waals surface area contributed by atoms with Crippen molar-refractivity contribution in [3.8, 4) is 16.9 Å². The Bertz CT molecular complexity index is 1300. The Morgan fingerprint density at radius 1 is 0.941 bits per heavy atom. The highest BCUT2D eigenvalue weighted by Crippen LogP contribution is 2.29. The number of amides is 1. The first-order chi connectivity index (χ1) is 16.7. The van der Waals surface area contributed by atoms with E-state index >= 15 is 0 Å². The number of carbonyl (C=O) groups excluding carboxylic acids is 2. The van der Waals surface area contributed by atoms with Crippen molar-refractivity contribution in [1.82, 2.24) is 15.1 Å². The number of para-hydroxylation sites is 1. The van der Waals surface area contributed by atoms with E-state index in [4.69, 9.17) is 4.74 Å². The molecule has 1 aromatic heterocycles. The van der Waals surface area contributed by atoms with E-state index in [0.29, 0.717) is 11.3 Å². The predicted octanol–water partition coefficient (Wildman–Crippen LogP) is 4.89. The second kappa shape index (κ2) is 9.75. The van der Waals surface area contributed by atoms with Gasteiger partial charge in [-0.25, -0.2) is 9.48 Å². The smallest absolute Gasteiger partial charge is 0.342 e. The molecule has 34 heavy (non-hydrogen) atoms. The molecule has 1 aliphatic rings. The molecule has 1 unspecified atom stereocenters. The Morgan fingerprint density at radius 3 is 2.44 bits per heavy atom. The summed E-state index contributed by atoms with van der Waals surface area (Å²) in [6.45, 7) is -0.345. The number of rotatable bonds is 6. The number of fused-ring (bicyclic) bond motifs is 1. The lowest BCUT2D eigenvalue weighted by Gasteiger charge is -2.26. The van der Waals surface area contributed by atoms with Crippen molar-refractivity contribution in [3.63, 3.8) is 0 Å². The molecule has 1 amide bonds. The molecule has 1 N–H and O–H groups in total. The van der Waals surface area contributed by atoms with Crippen molar-refractivity contribution >= 4 is 11.9 Å². The molecule has 0 aliphatic heterocycles. The van der Waals surface area contributed by atoms with Gasteiger partial charge in [0.2, 0.25) is 0 Å². The van der Waals surface area contributed by atoms with Crippen molar-refractivity contribution in [3.05, 3.63) is 108 Å². The van der Waals surface area contributed by atoms with E-state index in [2.05, 4.69) is 22.5 Å². The number of nitrogens with one attached hydrogen (secondary N) is 1. The van der Waals surface area contributed by atoms with Crippen LogP contribution in [0.25, 0.3) is 16.9 Å². The third kappa shape index (κ3) is 4.62. The maximum atomic E-state index is 13.0. The van der Waals surface area contributed by atoms with Crippen molar-refractivity contribution in [1.29, 1.82) is 0 Å². The van der Waals surface area contributed by atoms with E-state index < -0.39 is 5.97 Å². The maximum Gasteiger partial charge on any atom is 0.342 e. The molecule has 0 saturated heterocycles. The van der Waals surface area contributed by atoms with E-state index in [1.807, 2.05) is 72.8 Å². The van der Waals surface area contributed by atoms with E-state index in [0.717, 1.165) is 36.1 Å². The molecule has 1 heterocycles. The van der Waals surface area contributed by atoms with Crippen molar-refractivity contribution in [2.75, 3.05) is 6.61 Å². The van der Waals surface area contributed by atoms with Crippen LogP contribution in [0.3, 0.4) is 0 Å². The van der Waals surface area contributed by atoms with Crippen LogP contribution in [0.1, 0.15) is 40.4 Å². The molecule has 0 bridgehead atoms. The summed E-state index contributed by atoms with van der Waals surface area (Å²) in [5, 5.41) is 7.66. The fraction of sp³-hybridized carbons (Fsp3) is 0.179. The van der Waals surface area contributed by atoms with E-state index in [9.17, 15) is 9.59 Å². The van der Waals surface area contributed by atoms with Crippen LogP contribution < -0.4 is 5.32 Å². The topological polar surface area (TPSA) is 73.2 Å². The van der Waals surface area contributed by atoms with E-state index in [1.54, 1.807) is 10.9 Å². The Labute approximate surface area is 198 Å². The van der Waals surface area contributed by atoms with Crippen LogP contribution >= 0.6 is 0 Å². The van der Waals surface area contributed by atoms with Gasteiger partial charge in [-0.05, 0) is 42.5 Å². The minimum atomic E-state index is -0.583. The molecule has 0 fully saturated rings. The highest BCUT2D eigenvalue weighted by atomic mass is 16.5. The van der Waals surface area contributed by atoms with Gasteiger partial charge in [0.25, 0.3) is 5.91 Å². The maximum absolute atomic E-state index is 13.0. The lowest BCUT2D eigenvalue weighted by atomic mass is 9.88. The van der Waals surface area contributed by atoms with Gasteiger partial charge in [-0.1, -0.05) is 72.8 Å². The summed E-state index contributed by atoms with van der Waals surface area (Å²) in [7, 11) is 0. The largest absolute Gasteiger partial charge is 0.452 e. The van der Waals surface area contributed by atoms with E-state index in [1.165, 1.54) is 5.56 Å². The molecule has 0 spiro atoms. The van der Waals surface area contributed by atoms with Gasteiger partial charge in [-0.2, -0.15) is 5.10 Å². The average molecular weight is 452 g/mol. The first-order valence-electron chi connectivity index (χ1n) is 11.4. The summed E-state index contributed by atoms with van der Waals surface area (Å²) in [5.74, 6) is -0.896. The number of hydrogen-bond donors (Lipinski definition) is 1. The monoisotopic (exact) mass is 451 g/mol. The average Bonchev–Trinajstić information content (AvgIpc) is 3.34. The third-order valence-corrected chi connectivity index (χ3v) is 6.04. The highest BCUT2D eigenvalue weighted by Gasteiger charge is 2.24. The number of benzene rings is 3. The zero-order valence-electron chi connectivity index (χ0n) is 18.7. The van der Waals surface area contributed by atoms with Gasteiger partial charge >= 0.3 is 5.97 Å². The predicted molar refractivity (Wildman–Crippen MR) is 130 cm³/mol. The molecule has 3 aromatic carbocycles. The van der Waals surface area contributed by atoms with Crippen LogP contribution in [0, 0.1) is 0 Å². The van der Waals surface area contributed by atoms with Gasteiger partial charge in [0.05, 0.1) is 11.7 Å². The van der Waals surface area contributed by atoms with Crippen LogP contribution in [0.2, 0.25) is 0 Å². The number of aromatic nitrogens is 2. The molecule has 6 nitrogen and oxygen atoms in total. The molecular weight excluding hydrogens is 426 g/mol. The zero-order valence-corrected chi connectivity index (χ0v) is 18.7. The van der Waals surface area contributed by atoms with Gasteiger partial charge in [0.1, 0.15) is 11.3 Å². The Morgan fingerprint density at radius 2 is 1.65 bits per heavy atom. The van der Waals surface area contributed by atoms with Gasteiger partial charge in [0, 0.05) is 11.8 Å². The molecule has 6 heteroatoms. The Hall–Kier alpha value is -4.19. The SMILES string of the molecule is O=C(COC(=O)c1cn(-c2ccccc2)nc1-c1ccccc1)NC1CCCc2ccccc21. The number of aryl methyl sites for hydroxylation is 1. The van der Waals surface area contributed by atoms with Gasteiger partial charge < -0.3 is 10.1 Å². The lowest BCUT2D eigenvalue weighted by Crippen LogP contribution is -2.34. The summed E-state index contributed by atoms with van der Waals surface area (Å²) in [6, 6.07) is 27.1. The second-order valence-corrected chi connectivity index (χ2v) is 8.32. The quantitative estimate of drug-likeness (QED) is 0.424. The fourth-order valence-electron chi connectivity index (χ4n) is 4.39. The lowest BCUT2D eigenvalue weighted by molar-refractivity contribution is -0.125. The second-order valence-electron chi connectivity index (χ2n) is 8.32. The molecule has 0 radical (unpaired) electrons. The molecule has 4 aromatic rings. The standard InChI is InChI=1S/C28H25N3O3/c32-26(29-25-17-9-13-20-10-7-8-16-23(20)25)19-34-28(33)24-18-31(22-14-5-2-6-15-22)30-27(24)21-11-3-1-4-12-21/h1-8,10-12,14-16,18,25H,9,13,17,19H2,(H,29,32). The van der Waals surface area contributed by atoms with Crippen LogP contribution in [0.5, 0.6) is 0 Å². The van der Waals surface area contributed by atoms with Crippen molar-refractivity contribution in [2.45, 2.75) is 25.3 Å². The summed E-state index contributed by atoms with van der Waals surface area (Å²) in [6.07, 6.45) is 4.56. The van der Waals surface area contributed by atoms with Crippen LogP contribution in [-0.2, 0) is 16.0 Å². The van der Waals surface area contributed by atoms with Gasteiger partial charge in [-0.15, -0.1) is 0 Å². The van der Waals surface area contributed by atoms with Crippen molar-refractivity contribution in [2.24, 2.45) is 0 Å². The van der Waals surface area contributed by atoms with Crippen LogP contribution in [0.15, 0.2) is 91.1 Å². The summed E-state index contributed by atoms with van der Waals surface area (Å²) >= 11 is 0. The van der Waals surface area contributed by atoms with E-state index in [-0.39, 0.29) is 18.6 Å². The van der Waals surface area contributed by atoms with Crippen molar-refractivity contribution < 1.29 is 14.3 Å². The molecule has 1 aliphatic carbocycles. The molecule has 1 atom stereocenters. The molecular formula is C28H25N3O3.